The first-order valence-electron chi connectivity index (χ1n) is 6.83. The third-order valence-corrected chi connectivity index (χ3v) is 4.64. The smallest absolute Gasteiger partial charge is 0.165 e. The van der Waals surface area contributed by atoms with Gasteiger partial charge in [-0.15, -0.1) is 36.2 Å². The molecule has 1 atom stereocenters. The lowest BCUT2D eigenvalue weighted by Gasteiger charge is -2.35. The molecule has 2 aromatic rings. The first kappa shape index (κ1) is 20.1. The number of piperazine rings is 1. The van der Waals surface area contributed by atoms with E-state index >= 15 is 0 Å². The van der Waals surface area contributed by atoms with Gasteiger partial charge in [-0.05, 0) is 23.6 Å². The Bertz CT molecular complexity index is 622. The van der Waals surface area contributed by atoms with Crippen molar-refractivity contribution in [2.75, 3.05) is 26.2 Å². The molecule has 0 spiro atoms. The van der Waals surface area contributed by atoms with Crippen molar-refractivity contribution in [2.24, 2.45) is 0 Å². The van der Waals surface area contributed by atoms with Crippen LogP contribution >= 0.6 is 36.2 Å². The molecule has 2 heterocycles. The summed E-state index contributed by atoms with van der Waals surface area (Å²) in [5.74, 6) is -1.96. The van der Waals surface area contributed by atoms with Crippen molar-refractivity contribution in [1.82, 2.24) is 10.2 Å². The lowest BCUT2D eigenvalue weighted by atomic mass is 10.0. The van der Waals surface area contributed by atoms with Gasteiger partial charge in [0.25, 0.3) is 0 Å². The molecule has 1 aliphatic heterocycles. The second-order valence-electron chi connectivity index (χ2n) is 5.00. The van der Waals surface area contributed by atoms with Crippen molar-refractivity contribution in [3.63, 3.8) is 0 Å². The van der Waals surface area contributed by atoms with E-state index in [4.69, 9.17) is 0 Å². The molecule has 0 radical (unpaired) electrons. The van der Waals surface area contributed by atoms with Crippen LogP contribution < -0.4 is 5.32 Å². The van der Waals surface area contributed by atoms with Gasteiger partial charge in [-0.25, -0.2) is 8.78 Å². The van der Waals surface area contributed by atoms with E-state index in [2.05, 4.69) is 10.2 Å². The summed E-state index contributed by atoms with van der Waals surface area (Å²) in [6.07, 6.45) is 0. The fourth-order valence-corrected chi connectivity index (χ4v) is 3.58. The van der Waals surface area contributed by atoms with Gasteiger partial charge in [0.05, 0.1) is 11.6 Å². The highest BCUT2D eigenvalue weighted by Gasteiger charge is 2.30. The fraction of sp³-hybridized carbons (Fsp3) is 0.333. The van der Waals surface area contributed by atoms with E-state index in [-0.39, 0.29) is 30.4 Å². The third-order valence-electron chi connectivity index (χ3n) is 3.72. The molecule has 0 saturated carbocycles. The number of phenols is 1. The summed E-state index contributed by atoms with van der Waals surface area (Å²) in [6, 6.07) is 5.35. The van der Waals surface area contributed by atoms with Gasteiger partial charge in [0, 0.05) is 31.1 Å². The average molecular weight is 383 g/mol. The minimum Gasteiger partial charge on any atom is -0.505 e. The lowest BCUT2D eigenvalue weighted by molar-refractivity contribution is 0.194. The molecular weight excluding hydrogens is 365 g/mol. The first-order valence-corrected chi connectivity index (χ1v) is 7.71. The SMILES string of the molecule is Cl.Cl.Oc1c(F)ccc(F)c1[C@H](c1cccs1)N1CCNCC1. The summed E-state index contributed by atoms with van der Waals surface area (Å²) in [5, 5.41) is 15.2. The normalized spacial score (nSPS) is 16.3. The maximum absolute atomic E-state index is 14.3. The largest absolute Gasteiger partial charge is 0.505 e. The number of nitrogens with one attached hydrogen (secondary N) is 1. The Morgan fingerprint density at radius 2 is 1.74 bits per heavy atom. The van der Waals surface area contributed by atoms with Crippen LogP contribution in [0.2, 0.25) is 0 Å². The molecule has 128 valence electrons. The standard InChI is InChI=1S/C15H16F2N2OS.2ClH/c16-10-3-4-11(17)15(20)13(10)14(12-2-1-9-21-12)19-7-5-18-6-8-19;;/h1-4,9,14,18,20H,5-8H2;2*1H/t14-;;/m0../s1. The summed E-state index contributed by atoms with van der Waals surface area (Å²) in [5.41, 5.74) is 0.0272. The van der Waals surface area contributed by atoms with Gasteiger partial charge in [0.1, 0.15) is 5.82 Å². The van der Waals surface area contributed by atoms with E-state index in [0.717, 1.165) is 43.2 Å². The van der Waals surface area contributed by atoms with Crippen LogP contribution in [0.3, 0.4) is 0 Å². The van der Waals surface area contributed by atoms with Crippen molar-refractivity contribution < 1.29 is 13.9 Å². The van der Waals surface area contributed by atoms with Crippen LogP contribution in [0.4, 0.5) is 8.78 Å². The van der Waals surface area contributed by atoms with Crippen LogP contribution in [-0.4, -0.2) is 36.2 Å². The molecule has 3 rings (SSSR count). The maximum atomic E-state index is 14.3. The van der Waals surface area contributed by atoms with Crippen molar-refractivity contribution in [3.8, 4) is 5.75 Å². The van der Waals surface area contributed by atoms with Gasteiger partial charge in [-0.1, -0.05) is 6.07 Å². The molecule has 2 N–H and O–H groups in total. The fourth-order valence-electron chi connectivity index (χ4n) is 2.71. The molecule has 1 aromatic carbocycles. The minimum absolute atomic E-state index is 0. The number of phenolic OH excluding ortho intramolecular Hbond substituents is 1. The minimum atomic E-state index is -0.789. The molecule has 1 fully saturated rings. The van der Waals surface area contributed by atoms with Crippen molar-refractivity contribution in [2.45, 2.75) is 6.04 Å². The molecule has 8 heteroatoms. The van der Waals surface area contributed by atoms with Crippen molar-refractivity contribution >= 4 is 36.2 Å². The molecule has 1 aromatic heterocycles. The Morgan fingerprint density at radius 3 is 2.35 bits per heavy atom. The molecular formula is C15H18Cl2F2N2OS. The second-order valence-corrected chi connectivity index (χ2v) is 5.97. The van der Waals surface area contributed by atoms with Crippen LogP contribution in [0.5, 0.6) is 5.75 Å². The van der Waals surface area contributed by atoms with Gasteiger partial charge >= 0.3 is 0 Å². The monoisotopic (exact) mass is 382 g/mol. The quantitative estimate of drug-likeness (QED) is 0.851. The van der Waals surface area contributed by atoms with Crippen LogP contribution in [-0.2, 0) is 0 Å². The van der Waals surface area contributed by atoms with Gasteiger partial charge in [0.15, 0.2) is 11.6 Å². The third kappa shape index (κ3) is 4.14. The van der Waals surface area contributed by atoms with E-state index in [1.54, 1.807) is 0 Å². The number of nitrogens with zero attached hydrogens (tertiary/aromatic N) is 1. The van der Waals surface area contributed by atoms with Gasteiger partial charge in [-0.3, -0.25) is 4.90 Å². The Kier molecular flexibility index (Phi) is 7.70. The molecule has 3 nitrogen and oxygen atoms in total. The highest BCUT2D eigenvalue weighted by molar-refractivity contribution is 7.10. The number of aromatic hydroxyl groups is 1. The lowest BCUT2D eigenvalue weighted by Crippen LogP contribution is -2.45. The molecule has 1 aliphatic rings. The van der Waals surface area contributed by atoms with Crippen LogP contribution in [0, 0.1) is 11.6 Å². The van der Waals surface area contributed by atoms with Crippen LogP contribution in [0.1, 0.15) is 16.5 Å². The average Bonchev–Trinajstić information content (AvgIpc) is 3.02. The van der Waals surface area contributed by atoms with Gasteiger partial charge in [0.2, 0.25) is 0 Å². The Labute approximate surface area is 150 Å². The zero-order chi connectivity index (χ0) is 14.8. The number of benzene rings is 1. The number of hydrogen-bond acceptors (Lipinski definition) is 4. The molecule has 23 heavy (non-hydrogen) atoms. The number of hydrogen-bond donors (Lipinski definition) is 2. The first-order chi connectivity index (χ1) is 10.2. The van der Waals surface area contributed by atoms with Crippen LogP contribution in [0.25, 0.3) is 0 Å². The summed E-state index contributed by atoms with van der Waals surface area (Å²) >= 11 is 1.48. The number of thiophene rings is 1. The predicted molar refractivity (Wildman–Crippen MR) is 93.1 cm³/mol. The summed E-state index contributed by atoms with van der Waals surface area (Å²) in [6.45, 7) is 3.02. The van der Waals surface area contributed by atoms with E-state index in [9.17, 15) is 13.9 Å². The highest BCUT2D eigenvalue weighted by atomic mass is 35.5. The van der Waals surface area contributed by atoms with E-state index in [1.165, 1.54) is 11.3 Å². The topological polar surface area (TPSA) is 35.5 Å². The van der Waals surface area contributed by atoms with E-state index < -0.39 is 23.4 Å². The Hall–Kier alpha value is -0.920. The van der Waals surface area contributed by atoms with Gasteiger partial charge in [-0.2, -0.15) is 0 Å². The molecule has 0 aliphatic carbocycles. The number of halogens is 4. The van der Waals surface area contributed by atoms with Crippen LogP contribution in [0.15, 0.2) is 29.6 Å². The zero-order valence-corrected chi connectivity index (χ0v) is 14.6. The molecule has 0 unspecified atom stereocenters. The molecule has 0 bridgehead atoms. The summed E-state index contributed by atoms with van der Waals surface area (Å²) in [7, 11) is 0. The summed E-state index contributed by atoms with van der Waals surface area (Å²) in [4.78, 5) is 2.97. The van der Waals surface area contributed by atoms with E-state index in [1.807, 2.05) is 17.5 Å². The maximum Gasteiger partial charge on any atom is 0.165 e. The zero-order valence-electron chi connectivity index (χ0n) is 12.2. The van der Waals surface area contributed by atoms with Gasteiger partial charge < -0.3 is 10.4 Å². The van der Waals surface area contributed by atoms with E-state index in [0.29, 0.717) is 0 Å². The predicted octanol–water partition coefficient (Wildman–Crippen LogP) is 3.57. The molecule has 0 amide bonds. The second kappa shape index (κ2) is 8.80. The van der Waals surface area contributed by atoms with Crippen molar-refractivity contribution in [1.29, 1.82) is 0 Å². The Morgan fingerprint density at radius 1 is 1.09 bits per heavy atom. The highest BCUT2D eigenvalue weighted by Crippen LogP contribution is 2.39. The number of rotatable bonds is 3. The van der Waals surface area contributed by atoms with Crippen molar-refractivity contribution in [3.05, 3.63) is 51.7 Å². The molecule has 1 saturated heterocycles. The Balaban J connectivity index is 0.00000132. The summed E-state index contributed by atoms with van der Waals surface area (Å²) < 4.78 is 27.9.